The zero-order valence-corrected chi connectivity index (χ0v) is 11.6. The van der Waals surface area contributed by atoms with Crippen LogP contribution in [0.5, 0.6) is 5.75 Å². The molecule has 1 nitrogen and oxygen atoms in total. The minimum atomic E-state index is 0.189. The Bertz CT molecular complexity index is 408. The summed E-state index contributed by atoms with van der Waals surface area (Å²) < 4.78 is 5.56. The van der Waals surface area contributed by atoms with Crippen LogP contribution in [-0.4, -0.2) is 6.61 Å². The lowest BCUT2D eigenvalue weighted by Gasteiger charge is -2.21. The van der Waals surface area contributed by atoms with E-state index in [2.05, 4.69) is 18.2 Å². The smallest absolute Gasteiger partial charge is 0.122 e. The van der Waals surface area contributed by atoms with Crippen LogP contribution in [0.2, 0.25) is 0 Å². The molecule has 0 aromatic heterocycles. The Morgan fingerprint density at radius 3 is 2.67 bits per heavy atom. The maximum absolute atomic E-state index is 6.72. The second-order valence-electron chi connectivity index (χ2n) is 5.62. The fourth-order valence-electron chi connectivity index (χ4n) is 3.25. The first-order valence-corrected chi connectivity index (χ1v) is 7.68. The molecular weight excluding hydrogens is 244 g/mol. The van der Waals surface area contributed by atoms with E-state index in [0.29, 0.717) is 5.92 Å². The summed E-state index contributed by atoms with van der Waals surface area (Å²) in [7, 11) is 0. The molecule has 1 fully saturated rings. The molecule has 2 heteroatoms. The van der Waals surface area contributed by atoms with Crippen molar-refractivity contribution in [3.63, 3.8) is 0 Å². The molecule has 1 aliphatic carbocycles. The molecule has 1 aromatic rings. The maximum atomic E-state index is 6.72. The Hall–Kier alpha value is -0.690. The minimum Gasteiger partial charge on any atom is -0.493 e. The molecule has 98 valence electrons. The second-order valence-corrected chi connectivity index (χ2v) is 6.09. The number of ether oxygens (including phenoxy) is 1. The fraction of sp³-hybridized carbons (Fsp3) is 0.625. The molecule has 18 heavy (non-hydrogen) atoms. The van der Waals surface area contributed by atoms with Gasteiger partial charge in [0.2, 0.25) is 0 Å². The van der Waals surface area contributed by atoms with Gasteiger partial charge in [-0.05, 0) is 36.0 Å². The van der Waals surface area contributed by atoms with E-state index in [-0.39, 0.29) is 5.38 Å². The zero-order valence-electron chi connectivity index (χ0n) is 10.8. The first-order chi connectivity index (χ1) is 8.84. The molecule has 0 N–H and O–H groups in total. The highest BCUT2D eigenvalue weighted by Crippen LogP contribution is 2.39. The van der Waals surface area contributed by atoms with Crippen LogP contribution in [-0.2, 0) is 6.42 Å². The quantitative estimate of drug-likeness (QED) is 0.547. The SMILES string of the molecule is ClC(c1ccc2c(c1)CCO2)C1CCCCCC1. The van der Waals surface area contributed by atoms with E-state index >= 15 is 0 Å². The van der Waals surface area contributed by atoms with Gasteiger partial charge in [-0.3, -0.25) is 0 Å². The van der Waals surface area contributed by atoms with Gasteiger partial charge in [-0.1, -0.05) is 37.8 Å². The predicted octanol–water partition coefficient (Wildman–Crippen LogP) is 4.87. The second kappa shape index (κ2) is 5.52. The van der Waals surface area contributed by atoms with Gasteiger partial charge in [0.25, 0.3) is 0 Å². The maximum Gasteiger partial charge on any atom is 0.122 e. The van der Waals surface area contributed by atoms with E-state index in [1.807, 2.05) is 0 Å². The Kier molecular flexibility index (Phi) is 3.79. The molecule has 1 aromatic carbocycles. The summed E-state index contributed by atoms with van der Waals surface area (Å²) in [5.74, 6) is 1.72. The standard InChI is InChI=1S/C16H21ClO/c17-16(12-5-3-1-2-4-6-12)14-7-8-15-13(11-14)9-10-18-15/h7-8,11-12,16H,1-6,9-10H2. The van der Waals surface area contributed by atoms with Crippen molar-refractivity contribution in [3.05, 3.63) is 29.3 Å². The summed E-state index contributed by atoms with van der Waals surface area (Å²) in [4.78, 5) is 0. The van der Waals surface area contributed by atoms with Crippen LogP contribution in [0.25, 0.3) is 0 Å². The topological polar surface area (TPSA) is 9.23 Å². The molecule has 1 saturated carbocycles. The molecule has 1 unspecified atom stereocenters. The van der Waals surface area contributed by atoms with Gasteiger partial charge in [-0.2, -0.15) is 0 Å². The van der Waals surface area contributed by atoms with Crippen molar-refractivity contribution in [2.45, 2.75) is 50.3 Å². The molecule has 1 aliphatic heterocycles. The molecule has 3 rings (SSSR count). The van der Waals surface area contributed by atoms with Crippen molar-refractivity contribution in [1.82, 2.24) is 0 Å². The van der Waals surface area contributed by atoms with Crippen LogP contribution in [0.15, 0.2) is 18.2 Å². The Morgan fingerprint density at radius 1 is 1.11 bits per heavy atom. The van der Waals surface area contributed by atoms with Gasteiger partial charge < -0.3 is 4.74 Å². The number of rotatable bonds is 2. The fourth-order valence-corrected chi connectivity index (χ4v) is 3.64. The normalized spacial score (nSPS) is 22.1. The molecule has 0 saturated heterocycles. The van der Waals surface area contributed by atoms with Gasteiger partial charge >= 0.3 is 0 Å². The summed E-state index contributed by atoms with van der Waals surface area (Å²) in [6.07, 6.45) is 9.10. The lowest BCUT2D eigenvalue weighted by atomic mass is 9.91. The number of alkyl halides is 1. The third-order valence-corrected chi connectivity index (χ3v) is 4.95. The summed E-state index contributed by atoms with van der Waals surface area (Å²) in [6, 6.07) is 6.53. The van der Waals surface area contributed by atoms with Crippen molar-refractivity contribution in [2.24, 2.45) is 5.92 Å². The first-order valence-electron chi connectivity index (χ1n) is 7.24. The molecule has 0 amide bonds. The van der Waals surface area contributed by atoms with Gasteiger partial charge in [0.15, 0.2) is 0 Å². The lowest BCUT2D eigenvalue weighted by Crippen LogP contribution is -2.07. The van der Waals surface area contributed by atoms with Gasteiger partial charge in [0.05, 0.1) is 12.0 Å². The Balaban J connectivity index is 1.76. The monoisotopic (exact) mass is 264 g/mol. The molecule has 2 aliphatic rings. The Morgan fingerprint density at radius 2 is 1.89 bits per heavy atom. The number of hydrogen-bond acceptors (Lipinski definition) is 1. The average Bonchev–Trinajstić information content (AvgIpc) is 2.69. The van der Waals surface area contributed by atoms with Crippen molar-refractivity contribution in [1.29, 1.82) is 0 Å². The number of fused-ring (bicyclic) bond motifs is 1. The van der Waals surface area contributed by atoms with Gasteiger partial charge in [0, 0.05) is 6.42 Å². The zero-order chi connectivity index (χ0) is 12.4. The highest BCUT2D eigenvalue weighted by atomic mass is 35.5. The van der Waals surface area contributed by atoms with E-state index < -0.39 is 0 Å². The predicted molar refractivity (Wildman–Crippen MR) is 75.4 cm³/mol. The van der Waals surface area contributed by atoms with Crippen molar-refractivity contribution >= 4 is 11.6 Å². The summed E-state index contributed by atoms with van der Waals surface area (Å²) in [6.45, 7) is 0.829. The van der Waals surface area contributed by atoms with Crippen LogP contribution >= 0.6 is 11.6 Å². The van der Waals surface area contributed by atoms with E-state index in [1.165, 1.54) is 49.7 Å². The third kappa shape index (κ3) is 2.51. The average molecular weight is 265 g/mol. The van der Waals surface area contributed by atoms with Gasteiger partial charge in [-0.15, -0.1) is 11.6 Å². The van der Waals surface area contributed by atoms with Crippen molar-refractivity contribution in [3.8, 4) is 5.75 Å². The highest BCUT2D eigenvalue weighted by Gasteiger charge is 2.23. The molecule has 1 atom stereocenters. The summed E-state index contributed by atoms with van der Waals surface area (Å²) >= 11 is 6.72. The molecule has 0 spiro atoms. The van der Waals surface area contributed by atoms with E-state index in [1.54, 1.807) is 0 Å². The van der Waals surface area contributed by atoms with Gasteiger partial charge in [0.1, 0.15) is 5.75 Å². The Labute approximate surface area is 114 Å². The molecule has 0 bridgehead atoms. The van der Waals surface area contributed by atoms with E-state index in [0.717, 1.165) is 18.8 Å². The van der Waals surface area contributed by atoms with E-state index in [9.17, 15) is 0 Å². The van der Waals surface area contributed by atoms with Crippen LogP contribution in [0.4, 0.5) is 0 Å². The third-order valence-electron chi connectivity index (χ3n) is 4.35. The van der Waals surface area contributed by atoms with Crippen LogP contribution in [0, 0.1) is 5.92 Å². The molecule has 0 radical (unpaired) electrons. The first kappa shape index (κ1) is 12.3. The largest absolute Gasteiger partial charge is 0.493 e. The van der Waals surface area contributed by atoms with Gasteiger partial charge in [-0.25, -0.2) is 0 Å². The lowest BCUT2D eigenvalue weighted by molar-refractivity contribution is 0.356. The van der Waals surface area contributed by atoms with Crippen LogP contribution in [0.3, 0.4) is 0 Å². The summed E-state index contributed by atoms with van der Waals surface area (Å²) in [5.41, 5.74) is 2.64. The number of hydrogen-bond donors (Lipinski definition) is 0. The van der Waals surface area contributed by atoms with E-state index in [4.69, 9.17) is 16.3 Å². The molecular formula is C16H21ClO. The number of benzene rings is 1. The number of halogens is 1. The van der Waals surface area contributed by atoms with Crippen molar-refractivity contribution < 1.29 is 4.74 Å². The molecule has 1 heterocycles. The minimum absolute atomic E-state index is 0.189. The van der Waals surface area contributed by atoms with Crippen molar-refractivity contribution in [2.75, 3.05) is 6.61 Å². The summed E-state index contributed by atoms with van der Waals surface area (Å²) in [5, 5.41) is 0.189. The highest BCUT2D eigenvalue weighted by molar-refractivity contribution is 6.21. The van der Waals surface area contributed by atoms with Crippen LogP contribution in [0.1, 0.15) is 55.0 Å². The van der Waals surface area contributed by atoms with Crippen LogP contribution < -0.4 is 4.74 Å².